The third-order valence-electron chi connectivity index (χ3n) is 2.51. The Morgan fingerprint density at radius 2 is 1.94 bits per heavy atom. The Bertz CT molecular complexity index is 570. The van der Waals surface area contributed by atoms with E-state index < -0.39 is 11.6 Å². The molecule has 0 radical (unpaired) electrons. The van der Waals surface area contributed by atoms with Crippen molar-refractivity contribution < 1.29 is 8.78 Å². The number of aromatic nitrogens is 1. The van der Waals surface area contributed by atoms with Gasteiger partial charge in [0.05, 0.1) is 5.69 Å². The van der Waals surface area contributed by atoms with Gasteiger partial charge >= 0.3 is 0 Å². The quantitative estimate of drug-likeness (QED) is 0.879. The predicted octanol–water partition coefficient (Wildman–Crippen LogP) is 2.86. The number of nitrogens with one attached hydrogen (secondary N) is 1. The van der Waals surface area contributed by atoms with Crippen LogP contribution in [0.3, 0.4) is 0 Å². The molecule has 1 aromatic carbocycles. The molecule has 2 aromatic rings. The van der Waals surface area contributed by atoms with Crippen molar-refractivity contribution in [2.45, 2.75) is 13.5 Å². The van der Waals surface area contributed by atoms with E-state index in [9.17, 15) is 8.78 Å². The zero-order chi connectivity index (χ0) is 13.1. The third-order valence-corrected chi connectivity index (χ3v) is 2.51. The molecular formula is C13H13F2N3. The highest BCUT2D eigenvalue weighted by atomic mass is 19.2. The molecule has 0 spiro atoms. The first-order chi connectivity index (χ1) is 8.56. The number of halogens is 2. The Kier molecular flexibility index (Phi) is 3.41. The molecule has 0 bridgehead atoms. The zero-order valence-corrected chi connectivity index (χ0v) is 9.87. The van der Waals surface area contributed by atoms with Crippen LogP contribution in [0, 0.1) is 18.6 Å². The molecule has 3 nitrogen and oxygen atoms in total. The second-order valence-corrected chi connectivity index (χ2v) is 3.99. The van der Waals surface area contributed by atoms with Crippen LogP contribution in [-0.4, -0.2) is 4.98 Å². The van der Waals surface area contributed by atoms with E-state index in [0.717, 1.165) is 17.8 Å². The Hall–Kier alpha value is -2.17. The molecule has 0 aliphatic rings. The molecule has 0 fully saturated rings. The van der Waals surface area contributed by atoms with Gasteiger partial charge in [-0.25, -0.2) is 13.8 Å². The highest BCUT2D eigenvalue weighted by Gasteiger charge is 2.04. The molecule has 5 heteroatoms. The lowest BCUT2D eigenvalue weighted by atomic mass is 10.2. The minimum absolute atomic E-state index is 0.331. The second kappa shape index (κ2) is 5.00. The lowest BCUT2D eigenvalue weighted by Gasteiger charge is -2.09. The van der Waals surface area contributed by atoms with Gasteiger partial charge in [0.1, 0.15) is 5.82 Å². The molecule has 3 N–H and O–H groups in total. The Balaban J connectivity index is 2.11. The molecule has 0 amide bonds. The minimum atomic E-state index is -0.862. The Morgan fingerprint density at radius 1 is 1.17 bits per heavy atom. The summed E-state index contributed by atoms with van der Waals surface area (Å²) in [4.78, 5) is 4.22. The van der Waals surface area contributed by atoms with Gasteiger partial charge in [0.15, 0.2) is 11.6 Å². The fourth-order valence-electron chi connectivity index (χ4n) is 1.54. The summed E-state index contributed by atoms with van der Waals surface area (Å²) in [5.41, 5.74) is 7.72. The molecule has 94 valence electrons. The van der Waals surface area contributed by atoms with Gasteiger partial charge in [0.25, 0.3) is 0 Å². The third kappa shape index (κ3) is 2.74. The number of rotatable bonds is 3. The number of nitrogens with zero attached hydrogens (tertiary/aromatic N) is 1. The number of benzene rings is 1. The van der Waals surface area contributed by atoms with Crippen molar-refractivity contribution in [3.05, 3.63) is 53.2 Å². The molecule has 18 heavy (non-hydrogen) atoms. The van der Waals surface area contributed by atoms with Crippen molar-refractivity contribution in [2.75, 3.05) is 11.1 Å². The van der Waals surface area contributed by atoms with E-state index in [-0.39, 0.29) is 0 Å². The lowest BCUT2D eigenvalue weighted by Crippen LogP contribution is -2.05. The van der Waals surface area contributed by atoms with Gasteiger partial charge in [-0.3, -0.25) is 0 Å². The van der Waals surface area contributed by atoms with Crippen molar-refractivity contribution >= 4 is 11.5 Å². The standard InChI is InChI=1S/C13H13F2N3/c1-8-2-5-12(16)13(18-8)17-7-9-3-4-10(14)11(15)6-9/h2-6H,7,16H2,1H3,(H,17,18). The Labute approximate surface area is 104 Å². The van der Waals surface area contributed by atoms with E-state index in [2.05, 4.69) is 10.3 Å². The van der Waals surface area contributed by atoms with E-state index in [1.807, 2.05) is 6.92 Å². The van der Waals surface area contributed by atoms with Crippen LogP contribution in [0.4, 0.5) is 20.3 Å². The van der Waals surface area contributed by atoms with E-state index in [4.69, 9.17) is 5.73 Å². The summed E-state index contributed by atoms with van der Waals surface area (Å²) in [7, 11) is 0. The zero-order valence-electron chi connectivity index (χ0n) is 9.87. The number of nitrogens with two attached hydrogens (primary N) is 1. The van der Waals surface area contributed by atoms with Crippen LogP contribution >= 0.6 is 0 Å². The molecule has 1 aromatic heterocycles. The van der Waals surface area contributed by atoms with Crippen LogP contribution in [0.5, 0.6) is 0 Å². The van der Waals surface area contributed by atoms with Crippen LogP contribution in [0.15, 0.2) is 30.3 Å². The van der Waals surface area contributed by atoms with Crippen molar-refractivity contribution in [3.8, 4) is 0 Å². The largest absolute Gasteiger partial charge is 0.396 e. The summed E-state index contributed by atoms with van der Waals surface area (Å²) >= 11 is 0. The molecule has 2 rings (SSSR count). The normalized spacial score (nSPS) is 10.4. The number of aryl methyl sites for hydroxylation is 1. The predicted molar refractivity (Wildman–Crippen MR) is 67.1 cm³/mol. The average molecular weight is 249 g/mol. The molecule has 0 unspecified atom stereocenters. The number of anilines is 2. The number of pyridine rings is 1. The van der Waals surface area contributed by atoms with Gasteiger partial charge in [0, 0.05) is 12.2 Å². The van der Waals surface area contributed by atoms with Gasteiger partial charge in [0.2, 0.25) is 0 Å². The van der Waals surface area contributed by atoms with Crippen LogP contribution < -0.4 is 11.1 Å². The summed E-state index contributed by atoms with van der Waals surface area (Å²) < 4.78 is 25.8. The van der Waals surface area contributed by atoms with Crippen LogP contribution in [0.2, 0.25) is 0 Å². The first-order valence-corrected chi connectivity index (χ1v) is 5.47. The summed E-state index contributed by atoms with van der Waals surface area (Å²) in [5, 5.41) is 2.99. The molecule has 0 aliphatic carbocycles. The molecular weight excluding hydrogens is 236 g/mol. The first-order valence-electron chi connectivity index (χ1n) is 5.47. The summed E-state index contributed by atoms with van der Waals surface area (Å²) in [6.07, 6.45) is 0. The number of hydrogen-bond donors (Lipinski definition) is 2. The summed E-state index contributed by atoms with van der Waals surface area (Å²) in [6.45, 7) is 2.18. The molecule has 0 atom stereocenters. The van der Waals surface area contributed by atoms with Crippen molar-refractivity contribution in [1.29, 1.82) is 0 Å². The van der Waals surface area contributed by atoms with E-state index in [1.165, 1.54) is 6.07 Å². The van der Waals surface area contributed by atoms with Gasteiger partial charge in [-0.2, -0.15) is 0 Å². The maximum absolute atomic E-state index is 13.0. The maximum atomic E-state index is 13.0. The fourth-order valence-corrected chi connectivity index (χ4v) is 1.54. The number of hydrogen-bond acceptors (Lipinski definition) is 3. The monoisotopic (exact) mass is 249 g/mol. The molecule has 0 saturated heterocycles. The number of nitrogen functional groups attached to an aromatic ring is 1. The molecule has 0 saturated carbocycles. The van der Waals surface area contributed by atoms with Crippen molar-refractivity contribution in [2.24, 2.45) is 0 Å². The maximum Gasteiger partial charge on any atom is 0.159 e. The first kappa shape index (κ1) is 12.3. The van der Waals surface area contributed by atoms with Crippen molar-refractivity contribution in [3.63, 3.8) is 0 Å². The van der Waals surface area contributed by atoms with Gasteiger partial charge in [-0.15, -0.1) is 0 Å². The highest BCUT2D eigenvalue weighted by Crippen LogP contribution is 2.17. The molecule has 1 heterocycles. The van der Waals surface area contributed by atoms with Crippen LogP contribution in [0.25, 0.3) is 0 Å². The van der Waals surface area contributed by atoms with Gasteiger partial charge in [-0.1, -0.05) is 6.07 Å². The van der Waals surface area contributed by atoms with Crippen LogP contribution in [-0.2, 0) is 6.54 Å². The Morgan fingerprint density at radius 3 is 2.67 bits per heavy atom. The van der Waals surface area contributed by atoms with E-state index in [0.29, 0.717) is 23.6 Å². The lowest BCUT2D eigenvalue weighted by molar-refractivity contribution is 0.507. The summed E-state index contributed by atoms with van der Waals surface area (Å²) in [6, 6.07) is 7.30. The smallest absolute Gasteiger partial charge is 0.159 e. The minimum Gasteiger partial charge on any atom is -0.396 e. The second-order valence-electron chi connectivity index (χ2n) is 3.99. The van der Waals surface area contributed by atoms with Crippen molar-refractivity contribution in [1.82, 2.24) is 4.98 Å². The van der Waals surface area contributed by atoms with Crippen LogP contribution in [0.1, 0.15) is 11.3 Å². The molecule has 0 aliphatic heterocycles. The van der Waals surface area contributed by atoms with Gasteiger partial charge in [-0.05, 0) is 36.8 Å². The fraction of sp³-hybridized carbons (Fsp3) is 0.154. The highest BCUT2D eigenvalue weighted by molar-refractivity contribution is 5.61. The topological polar surface area (TPSA) is 50.9 Å². The van der Waals surface area contributed by atoms with E-state index in [1.54, 1.807) is 12.1 Å². The van der Waals surface area contributed by atoms with Gasteiger partial charge < -0.3 is 11.1 Å². The summed E-state index contributed by atoms with van der Waals surface area (Å²) in [5.74, 6) is -1.17. The SMILES string of the molecule is Cc1ccc(N)c(NCc2ccc(F)c(F)c2)n1. The average Bonchev–Trinajstić information content (AvgIpc) is 2.34. The van der Waals surface area contributed by atoms with E-state index >= 15 is 0 Å².